The van der Waals surface area contributed by atoms with E-state index in [0.717, 1.165) is 70.9 Å². The van der Waals surface area contributed by atoms with E-state index in [1.54, 1.807) is 0 Å². The number of benzene rings is 3. The third-order valence-electron chi connectivity index (χ3n) is 8.02. The molecule has 3 aromatic carbocycles. The van der Waals surface area contributed by atoms with Gasteiger partial charge in [0.25, 0.3) is 0 Å². The quantitative estimate of drug-likeness (QED) is 0.497. The minimum atomic E-state index is -0.00792. The molecule has 0 aromatic heterocycles. The number of hydrogen-bond acceptors (Lipinski definition) is 5. The Morgan fingerprint density at radius 3 is 2.69 bits per heavy atom. The Bertz CT molecular complexity index is 1400. The molecule has 0 saturated carbocycles. The summed E-state index contributed by atoms with van der Waals surface area (Å²) in [5, 5.41) is 19.3. The Kier molecular flexibility index (Phi) is 6.08. The van der Waals surface area contributed by atoms with E-state index in [1.807, 2.05) is 18.2 Å². The predicted molar refractivity (Wildman–Crippen MR) is 142 cm³/mol. The van der Waals surface area contributed by atoms with Crippen LogP contribution in [-0.4, -0.2) is 42.0 Å². The molecule has 0 radical (unpaired) electrons. The van der Waals surface area contributed by atoms with Crippen molar-refractivity contribution in [2.24, 2.45) is 4.99 Å². The van der Waals surface area contributed by atoms with Crippen LogP contribution in [-0.2, 0) is 12.8 Å². The first-order valence-electron chi connectivity index (χ1n) is 13.0. The van der Waals surface area contributed by atoms with Crippen LogP contribution in [0.4, 0.5) is 5.69 Å². The molecule has 1 atom stereocenters. The van der Waals surface area contributed by atoms with Crippen LogP contribution in [0.2, 0.25) is 0 Å². The van der Waals surface area contributed by atoms with Gasteiger partial charge in [0.15, 0.2) is 0 Å². The molecule has 5 heteroatoms. The minimum Gasteiger partial charge on any atom is -0.491 e. The SMILES string of the molecule is Cc1c(C2=Nc3cc4c(c(C#N)c3C2)CCC4N2CCCC2)cccc1-c1cccc(OCCO)c1. The molecule has 36 heavy (non-hydrogen) atoms. The maximum absolute atomic E-state index is 10.2. The standard InChI is InChI=1S/C31H31N3O2/c1-20-23(21-6-4-7-22(16-21)36-15-14-35)8-5-9-24(20)29-17-26-28(19-32)25-10-11-31(34-12-2-3-13-34)27(25)18-30(26)33-29/h4-9,16,18,31,35H,2-3,10-15,17H2,1H3. The number of rotatable bonds is 6. The Morgan fingerprint density at radius 2 is 1.89 bits per heavy atom. The molecular weight excluding hydrogens is 446 g/mol. The van der Waals surface area contributed by atoms with Gasteiger partial charge in [0, 0.05) is 18.0 Å². The van der Waals surface area contributed by atoms with Crippen LogP contribution >= 0.6 is 0 Å². The molecule has 182 valence electrons. The summed E-state index contributed by atoms with van der Waals surface area (Å²) in [7, 11) is 0. The first kappa shape index (κ1) is 23.0. The number of fused-ring (bicyclic) bond motifs is 2. The topological polar surface area (TPSA) is 68.9 Å². The lowest BCUT2D eigenvalue weighted by atomic mass is 9.90. The van der Waals surface area contributed by atoms with E-state index in [1.165, 1.54) is 29.5 Å². The summed E-state index contributed by atoms with van der Waals surface area (Å²) in [5.74, 6) is 0.748. The van der Waals surface area contributed by atoms with Crippen molar-refractivity contribution in [2.75, 3.05) is 26.3 Å². The molecule has 0 amide bonds. The second-order valence-corrected chi connectivity index (χ2v) is 10.0. The second-order valence-electron chi connectivity index (χ2n) is 10.0. The first-order valence-corrected chi connectivity index (χ1v) is 13.0. The summed E-state index contributed by atoms with van der Waals surface area (Å²) >= 11 is 0. The Balaban J connectivity index is 1.36. The van der Waals surface area contributed by atoms with E-state index < -0.39 is 0 Å². The predicted octanol–water partition coefficient (Wildman–Crippen LogP) is 5.66. The monoisotopic (exact) mass is 477 g/mol. The summed E-state index contributed by atoms with van der Waals surface area (Å²) in [6.07, 6.45) is 5.35. The summed E-state index contributed by atoms with van der Waals surface area (Å²) < 4.78 is 5.63. The van der Waals surface area contributed by atoms with E-state index in [-0.39, 0.29) is 13.2 Å². The van der Waals surface area contributed by atoms with Gasteiger partial charge in [-0.1, -0.05) is 30.3 Å². The molecule has 1 fully saturated rings. The van der Waals surface area contributed by atoms with Crippen molar-refractivity contribution >= 4 is 11.4 Å². The third-order valence-corrected chi connectivity index (χ3v) is 8.02. The lowest BCUT2D eigenvalue weighted by Gasteiger charge is -2.24. The van der Waals surface area contributed by atoms with Gasteiger partial charge in [-0.2, -0.15) is 5.26 Å². The average molecular weight is 478 g/mol. The number of aliphatic hydroxyl groups is 1. The number of nitriles is 1. The van der Waals surface area contributed by atoms with Gasteiger partial charge >= 0.3 is 0 Å². The average Bonchev–Trinajstić information content (AvgIpc) is 3.66. The van der Waals surface area contributed by atoms with E-state index >= 15 is 0 Å². The fourth-order valence-electron chi connectivity index (χ4n) is 6.31. The van der Waals surface area contributed by atoms with Crippen molar-refractivity contribution in [1.29, 1.82) is 5.26 Å². The summed E-state index contributed by atoms with van der Waals surface area (Å²) in [6.45, 7) is 4.74. The van der Waals surface area contributed by atoms with Crippen molar-refractivity contribution in [1.82, 2.24) is 4.90 Å². The third kappa shape index (κ3) is 3.91. The smallest absolute Gasteiger partial charge is 0.120 e. The largest absolute Gasteiger partial charge is 0.491 e. The molecular formula is C31H31N3O2. The van der Waals surface area contributed by atoms with Gasteiger partial charge in [0.2, 0.25) is 0 Å². The minimum absolute atomic E-state index is 0.00792. The van der Waals surface area contributed by atoms with Crippen LogP contribution in [0.5, 0.6) is 5.75 Å². The van der Waals surface area contributed by atoms with E-state index in [0.29, 0.717) is 12.5 Å². The molecule has 1 unspecified atom stereocenters. The van der Waals surface area contributed by atoms with Gasteiger partial charge in [0.05, 0.1) is 29.6 Å². The number of ether oxygens (including phenoxy) is 1. The highest BCUT2D eigenvalue weighted by Gasteiger charge is 2.34. The van der Waals surface area contributed by atoms with E-state index in [4.69, 9.17) is 14.8 Å². The zero-order chi connectivity index (χ0) is 24.6. The molecule has 3 aliphatic rings. The van der Waals surface area contributed by atoms with Crippen LogP contribution in [0.1, 0.15) is 58.7 Å². The number of likely N-dealkylation sites (tertiary alicyclic amines) is 1. The second kappa shape index (κ2) is 9.54. The molecule has 2 aliphatic heterocycles. The first-order chi connectivity index (χ1) is 17.7. The Hall–Kier alpha value is -3.46. The number of aliphatic imine (C=N–C) groups is 1. The Morgan fingerprint density at radius 1 is 1.08 bits per heavy atom. The Labute approximate surface area is 212 Å². The fraction of sp³-hybridized carbons (Fsp3) is 0.355. The van der Waals surface area contributed by atoms with Crippen LogP contribution < -0.4 is 4.74 Å². The zero-order valence-corrected chi connectivity index (χ0v) is 20.8. The van der Waals surface area contributed by atoms with Gasteiger partial charge in [-0.15, -0.1) is 0 Å². The molecule has 0 bridgehead atoms. The lowest BCUT2D eigenvalue weighted by Crippen LogP contribution is -2.23. The van der Waals surface area contributed by atoms with Crippen molar-refractivity contribution in [2.45, 2.75) is 45.1 Å². The highest BCUT2D eigenvalue weighted by molar-refractivity contribution is 6.09. The highest BCUT2D eigenvalue weighted by Crippen LogP contribution is 2.45. The maximum atomic E-state index is 10.2. The summed E-state index contributed by atoms with van der Waals surface area (Å²) in [6, 6.07) is 19.6. The van der Waals surface area contributed by atoms with Crippen LogP contribution in [0.3, 0.4) is 0 Å². The molecule has 1 saturated heterocycles. The number of aliphatic hydroxyl groups excluding tert-OH is 1. The van der Waals surface area contributed by atoms with Crippen LogP contribution in [0, 0.1) is 18.3 Å². The van der Waals surface area contributed by atoms with Gasteiger partial charge in [-0.3, -0.25) is 9.89 Å². The lowest BCUT2D eigenvalue weighted by molar-refractivity contribution is 0.201. The van der Waals surface area contributed by atoms with Crippen molar-refractivity contribution in [3.8, 4) is 22.9 Å². The number of hydrogen-bond donors (Lipinski definition) is 1. The molecule has 5 nitrogen and oxygen atoms in total. The molecule has 2 heterocycles. The molecule has 0 spiro atoms. The fourth-order valence-corrected chi connectivity index (χ4v) is 6.31. The van der Waals surface area contributed by atoms with Crippen molar-refractivity contribution < 1.29 is 9.84 Å². The van der Waals surface area contributed by atoms with Gasteiger partial charge in [-0.05, 0) is 97.3 Å². The normalized spacial score (nSPS) is 18.6. The van der Waals surface area contributed by atoms with Gasteiger partial charge in [0.1, 0.15) is 12.4 Å². The van der Waals surface area contributed by atoms with Crippen LogP contribution in [0.15, 0.2) is 53.5 Å². The van der Waals surface area contributed by atoms with E-state index in [2.05, 4.69) is 48.2 Å². The van der Waals surface area contributed by atoms with Gasteiger partial charge < -0.3 is 9.84 Å². The molecule has 6 rings (SSSR count). The molecule has 3 aromatic rings. The van der Waals surface area contributed by atoms with Gasteiger partial charge in [-0.25, -0.2) is 0 Å². The highest BCUT2D eigenvalue weighted by atomic mass is 16.5. The zero-order valence-electron chi connectivity index (χ0n) is 20.8. The van der Waals surface area contributed by atoms with Crippen molar-refractivity contribution in [3.05, 3.63) is 81.9 Å². The van der Waals surface area contributed by atoms with Crippen molar-refractivity contribution in [3.63, 3.8) is 0 Å². The summed E-state index contributed by atoms with van der Waals surface area (Å²) in [5.41, 5.74) is 11.1. The van der Waals surface area contributed by atoms with Crippen LogP contribution in [0.25, 0.3) is 11.1 Å². The van der Waals surface area contributed by atoms with E-state index in [9.17, 15) is 5.26 Å². The molecule has 1 aliphatic carbocycles. The summed E-state index contributed by atoms with van der Waals surface area (Å²) in [4.78, 5) is 7.72. The molecule has 1 N–H and O–H groups in total. The maximum Gasteiger partial charge on any atom is 0.120 e. The number of nitrogens with zero attached hydrogens (tertiary/aromatic N) is 3.